The summed E-state index contributed by atoms with van der Waals surface area (Å²) in [5.74, 6) is -0.322. The minimum atomic E-state index is -0.461. The number of hydrogen-bond donors (Lipinski definition) is 2. The molecule has 1 heterocycles. The van der Waals surface area contributed by atoms with Crippen molar-refractivity contribution < 1.29 is 18.7 Å². The molecule has 0 bridgehead atoms. The van der Waals surface area contributed by atoms with E-state index in [1.165, 1.54) is 7.11 Å². The lowest BCUT2D eigenvalue weighted by Crippen LogP contribution is -2.26. The van der Waals surface area contributed by atoms with Gasteiger partial charge in [0.25, 0.3) is 11.8 Å². The summed E-state index contributed by atoms with van der Waals surface area (Å²) in [7, 11) is 1.52. The summed E-state index contributed by atoms with van der Waals surface area (Å²) < 4.78 is 11.0. The van der Waals surface area contributed by atoms with Crippen molar-refractivity contribution in [2.45, 2.75) is 0 Å². The Labute approximate surface area is 178 Å². The molecule has 7 heteroatoms. The van der Waals surface area contributed by atoms with Crippen LogP contribution in [-0.2, 0) is 0 Å². The van der Waals surface area contributed by atoms with Crippen LogP contribution in [0, 0.1) is 0 Å². The fraction of sp³-hybridized carbons (Fsp3) is 0.0417. The van der Waals surface area contributed by atoms with Crippen molar-refractivity contribution in [3.8, 4) is 5.75 Å². The van der Waals surface area contributed by atoms with Crippen LogP contribution in [0.25, 0.3) is 11.0 Å². The molecule has 0 aliphatic carbocycles. The Hall–Kier alpha value is -4.39. The van der Waals surface area contributed by atoms with Crippen LogP contribution < -0.4 is 21.0 Å². The Morgan fingerprint density at radius 2 is 1.65 bits per heavy atom. The maximum atomic E-state index is 12.9. The molecule has 2 N–H and O–H groups in total. The van der Waals surface area contributed by atoms with Gasteiger partial charge in [0, 0.05) is 16.6 Å². The van der Waals surface area contributed by atoms with Crippen LogP contribution in [0.4, 0.5) is 5.69 Å². The molecule has 0 atom stereocenters. The zero-order valence-corrected chi connectivity index (χ0v) is 16.7. The number of carbonyl (C=O) groups is 2. The van der Waals surface area contributed by atoms with Crippen LogP contribution in [0.2, 0.25) is 0 Å². The third-order valence-corrected chi connectivity index (χ3v) is 4.52. The van der Waals surface area contributed by atoms with Crippen molar-refractivity contribution in [1.29, 1.82) is 0 Å². The molecule has 0 radical (unpaired) electrons. The number of rotatable bonds is 5. The first-order valence-electron chi connectivity index (χ1n) is 9.51. The van der Waals surface area contributed by atoms with E-state index in [2.05, 4.69) is 15.8 Å². The zero-order chi connectivity index (χ0) is 21.6. The summed E-state index contributed by atoms with van der Waals surface area (Å²) in [6, 6.07) is 24.6. The van der Waals surface area contributed by atoms with E-state index < -0.39 is 11.8 Å². The van der Waals surface area contributed by atoms with Crippen molar-refractivity contribution in [1.82, 2.24) is 5.43 Å². The summed E-state index contributed by atoms with van der Waals surface area (Å²) in [5, 5.41) is 7.63. The van der Waals surface area contributed by atoms with Crippen molar-refractivity contribution in [2.24, 2.45) is 5.10 Å². The number of anilines is 1. The normalized spacial score (nSPS) is 11.2. The lowest BCUT2D eigenvalue weighted by molar-refractivity contribution is 0.0947. The first-order valence-corrected chi connectivity index (χ1v) is 9.51. The highest BCUT2D eigenvalue weighted by Gasteiger charge is 2.14. The Balaban J connectivity index is 1.70. The number of carbonyl (C=O) groups excluding carboxylic acids is 2. The first kappa shape index (κ1) is 19.9. The predicted molar refractivity (Wildman–Crippen MR) is 117 cm³/mol. The van der Waals surface area contributed by atoms with Crippen LogP contribution in [0.15, 0.2) is 94.4 Å². The van der Waals surface area contributed by atoms with E-state index in [0.717, 1.165) is 5.39 Å². The molecule has 4 rings (SSSR count). The van der Waals surface area contributed by atoms with Gasteiger partial charge in [-0.2, -0.15) is 0 Å². The summed E-state index contributed by atoms with van der Waals surface area (Å²) in [6.45, 7) is 0. The van der Waals surface area contributed by atoms with Gasteiger partial charge in [0.05, 0.1) is 7.11 Å². The van der Waals surface area contributed by atoms with Gasteiger partial charge in [0.1, 0.15) is 16.9 Å². The van der Waals surface area contributed by atoms with E-state index in [1.807, 2.05) is 36.4 Å². The van der Waals surface area contributed by atoms with Crippen LogP contribution in [0.3, 0.4) is 0 Å². The number of nitrogens with one attached hydrogen (secondary N) is 2. The minimum absolute atomic E-state index is 0.0108. The second-order valence-electron chi connectivity index (χ2n) is 6.61. The Morgan fingerprint density at radius 3 is 2.45 bits per heavy atom. The number of benzene rings is 3. The van der Waals surface area contributed by atoms with Crippen molar-refractivity contribution in [3.63, 3.8) is 0 Å². The summed E-state index contributed by atoms with van der Waals surface area (Å²) in [6.07, 6.45) is 0. The minimum Gasteiger partial charge on any atom is -0.497 e. The Morgan fingerprint density at radius 1 is 0.871 bits per heavy atom. The van der Waals surface area contributed by atoms with Crippen molar-refractivity contribution >= 4 is 28.5 Å². The molecule has 7 nitrogen and oxygen atoms in total. The highest BCUT2D eigenvalue weighted by atomic mass is 16.5. The standard InChI is InChI=1S/C24H19N3O4/c1-30-19-12-7-9-17(14-19)22(28)26-27-24-20(15-16-8-5-6-13-21(16)31-24)23(29)25-18-10-3-2-4-11-18/h2-15H,1H3,(H,25,29)(H,26,28)/b27-24-. The molecule has 154 valence electrons. The number of nitrogens with zero attached hydrogens (tertiary/aromatic N) is 1. The number of amides is 2. The smallest absolute Gasteiger partial charge is 0.271 e. The Bertz CT molecular complexity index is 1310. The van der Waals surface area contributed by atoms with E-state index in [4.69, 9.17) is 9.15 Å². The van der Waals surface area contributed by atoms with Gasteiger partial charge in [-0.15, -0.1) is 5.10 Å². The van der Waals surface area contributed by atoms with Gasteiger partial charge in [-0.1, -0.05) is 42.5 Å². The average Bonchev–Trinajstić information content (AvgIpc) is 2.82. The molecule has 0 unspecified atom stereocenters. The third kappa shape index (κ3) is 4.62. The molecule has 0 aliphatic heterocycles. The van der Waals surface area contributed by atoms with Gasteiger partial charge in [0.2, 0.25) is 5.55 Å². The highest BCUT2D eigenvalue weighted by molar-refractivity contribution is 6.05. The van der Waals surface area contributed by atoms with E-state index in [9.17, 15) is 9.59 Å². The van der Waals surface area contributed by atoms with Gasteiger partial charge >= 0.3 is 0 Å². The molecule has 4 aromatic rings. The lowest BCUT2D eigenvalue weighted by atomic mass is 10.1. The van der Waals surface area contributed by atoms with Crippen LogP contribution in [0.5, 0.6) is 5.75 Å². The molecule has 0 spiro atoms. The second-order valence-corrected chi connectivity index (χ2v) is 6.61. The summed E-state index contributed by atoms with van der Waals surface area (Å²) in [4.78, 5) is 25.4. The van der Waals surface area contributed by atoms with Gasteiger partial charge in [-0.3, -0.25) is 9.59 Å². The van der Waals surface area contributed by atoms with Crippen LogP contribution >= 0.6 is 0 Å². The number of para-hydroxylation sites is 2. The molecule has 1 aromatic heterocycles. The molecule has 0 fully saturated rings. The maximum absolute atomic E-state index is 12.9. The number of methoxy groups -OCH3 is 1. The van der Waals surface area contributed by atoms with Gasteiger partial charge < -0.3 is 14.5 Å². The SMILES string of the molecule is COc1cccc(C(=O)N/N=c2\oc3ccccc3cc2C(=O)Nc2ccccc2)c1. The van der Waals surface area contributed by atoms with E-state index in [0.29, 0.717) is 22.6 Å². The lowest BCUT2D eigenvalue weighted by Gasteiger charge is -2.07. The molecule has 0 saturated carbocycles. The monoisotopic (exact) mass is 413 g/mol. The van der Waals surface area contributed by atoms with Crippen LogP contribution in [0.1, 0.15) is 20.7 Å². The second kappa shape index (κ2) is 8.96. The van der Waals surface area contributed by atoms with Crippen molar-refractivity contribution in [2.75, 3.05) is 12.4 Å². The molecule has 3 aromatic carbocycles. The fourth-order valence-electron chi connectivity index (χ4n) is 2.97. The third-order valence-electron chi connectivity index (χ3n) is 4.52. The quantitative estimate of drug-likeness (QED) is 0.485. The number of fused-ring (bicyclic) bond motifs is 1. The largest absolute Gasteiger partial charge is 0.497 e. The topological polar surface area (TPSA) is 92.9 Å². The molecular formula is C24H19N3O4. The van der Waals surface area contributed by atoms with Gasteiger partial charge in [-0.25, -0.2) is 5.43 Å². The maximum Gasteiger partial charge on any atom is 0.271 e. The predicted octanol–water partition coefficient (Wildman–Crippen LogP) is 3.94. The Kier molecular flexibility index (Phi) is 5.75. The fourth-order valence-corrected chi connectivity index (χ4v) is 2.97. The molecule has 2 amide bonds. The summed E-state index contributed by atoms with van der Waals surface area (Å²) in [5.41, 5.74) is 4.15. The van der Waals surface area contributed by atoms with E-state index in [1.54, 1.807) is 48.5 Å². The number of ether oxygens (including phenoxy) is 1. The van der Waals surface area contributed by atoms with Crippen LogP contribution in [-0.4, -0.2) is 18.9 Å². The number of hydrogen-bond acceptors (Lipinski definition) is 5. The summed E-state index contributed by atoms with van der Waals surface area (Å²) >= 11 is 0. The van der Waals surface area contributed by atoms with E-state index in [-0.39, 0.29) is 11.1 Å². The first-order chi connectivity index (χ1) is 15.1. The molecular weight excluding hydrogens is 394 g/mol. The van der Waals surface area contributed by atoms with Crippen molar-refractivity contribution in [3.05, 3.63) is 102 Å². The zero-order valence-electron chi connectivity index (χ0n) is 16.7. The van der Waals surface area contributed by atoms with Gasteiger partial charge in [0.15, 0.2) is 0 Å². The molecule has 31 heavy (non-hydrogen) atoms. The molecule has 0 saturated heterocycles. The average molecular weight is 413 g/mol. The molecule has 0 aliphatic rings. The highest BCUT2D eigenvalue weighted by Crippen LogP contribution is 2.15. The van der Waals surface area contributed by atoms with Gasteiger partial charge in [-0.05, 0) is 42.5 Å². The van der Waals surface area contributed by atoms with E-state index >= 15 is 0 Å².